The van der Waals surface area contributed by atoms with Crippen molar-refractivity contribution in [3.63, 3.8) is 0 Å². The van der Waals surface area contributed by atoms with E-state index in [0.717, 1.165) is 25.2 Å². The van der Waals surface area contributed by atoms with E-state index in [-0.39, 0.29) is 11.9 Å². The van der Waals surface area contributed by atoms with Crippen molar-refractivity contribution in [1.29, 1.82) is 0 Å². The standard InChI is InChI=1S/C36H46O2/c1-3-4-5-7-12-29-16-22-33(23-17-29)34-24-26-35(27-25-34)38-36(37)28(2)11-10-13-30-18-20-32(21-19-30)31-14-8-6-9-15-31/h6,8-9,14-15,18-21,24-29,33H,3-5,7,10-13,16-17,22-23H2,1-2H3/t28?,29-,33-. The fourth-order valence-electron chi connectivity index (χ4n) is 5.89. The third-order valence-electron chi connectivity index (χ3n) is 8.45. The molecule has 202 valence electrons. The summed E-state index contributed by atoms with van der Waals surface area (Å²) in [5.74, 6) is 2.03. The molecule has 3 aromatic rings. The van der Waals surface area contributed by atoms with Gasteiger partial charge in [0.25, 0.3) is 0 Å². The molecule has 0 bridgehead atoms. The summed E-state index contributed by atoms with van der Waals surface area (Å²) in [6, 6.07) is 27.6. The van der Waals surface area contributed by atoms with Crippen molar-refractivity contribution in [2.24, 2.45) is 11.8 Å². The molecule has 0 spiro atoms. The molecule has 0 aromatic heterocycles. The van der Waals surface area contributed by atoms with E-state index in [2.05, 4.69) is 67.6 Å². The number of unbranched alkanes of at least 4 members (excludes halogenated alkanes) is 3. The average molecular weight is 511 g/mol. The highest BCUT2D eigenvalue weighted by Crippen LogP contribution is 2.38. The van der Waals surface area contributed by atoms with E-state index in [1.165, 1.54) is 80.0 Å². The van der Waals surface area contributed by atoms with Gasteiger partial charge in [-0.05, 0) is 91.2 Å². The van der Waals surface area contributed by atoms with Crippen molar-refractivity contribution < 1.29 is 9.53 Å². The van der Waals surface area contributed by atoms with Crippen LogP contribution in [-0.2, 0) is 11.2 Å². The van der Waals surface area contributed by atoms with Crippen LogP contribution in [0.3, 0.4) is 0 Å². The van der Waals surface area contributed by atoms with Crippen LogP contribution < -0.4 is 4.74 Å². The van der Waals surface area contributed by atoms with Crippen molar-refractivity contribution >= 4 is 5.97 Å². The molecule has 1 unspecified atom stereocenters. The maximum absolute atomic E-state index is 12.7. The Bertz CT molecular complexity index is 1080. The third-order valence-corrected chi connectivity index (χ3v) is 8.45. The summed E-state index contributed by atoms with van der Waals surface area (Å²) < 4.78 is 5.73. The summed E-state index contributed by atoms with van der Waals surface area (Å²) >= 11 is 0. The van der Waals surface area contributed by atoms with Gasteiger partial charge in [0.1, 0.15) is 5.75 Å². The highest BCUT2D eigenvalue weighted by atomic mass is 16.5. The highest BCUT2D eigenvalue weighted by molar-refractivity contribution is 5.74. The molecule has 38 heavy (non-hydrogen) atoms. The first-order chi connectivity index (χ1) is 18.6. The van der Waals surface area contributed by atoms with Gasteiger partial charge in [0.2, 0.25) is 0 Å². The number of aryl methyl sites for hydroxylation is 1. The Morgan fingerprint density at radius 2 is 1.47 bits per heavy atom. The zero-order chi connectivity index (χ0) is 26.6. The molecule has 0 saturated heterocycles. The number of carbonyl (C=O) groups excluding carboxylic acids is 1. The van der Waals surface area contributed by atoms with E-state index in [4.69, 9.17) is 4.74 Å². The fraction of sp³-hybridized carbons (Fsp3) is 0.472. The number of ether oxygens (including phenoxy) is 1. The molecule has 2 heteroatoms. The van der Waals surface area contributed by atoms with E-state index in [0.29, 0.717) is 11.7 Å². The Labute approximate surface area is 230 Å². The van der Waals surface area contributed by atoms with E-state index < -0.39 is 0 Å². The Morgan fingerprint density at radius 3 is 2.16 bits per heavy atom. The summed E-state index contributed by atoms with van der Waals surface area (Å²) in [5, 5.41) is 0. The van der Waals surface area contributed by atoms with Crippen molar-refractivity contribution in [3.05, 3.63) is 90.0 Å². The zero-order valence-electron chi connectivity index (χ0n) is 23.5. The second-order valence-corrected chi connectivity index (χ2v) is 11.4. The second-order valence-electron chi connectivity index (χ2n) is 11.4. The number of esters is 1. The molecule has 0 N–H and O–H groups in total. The normalized spacial score (nSPS) is 18.2. The Morgan fingerprint density at radius 1 is 0.789 bits per heavy atom. The first-order valence-electron chi connectivity index (χ1n) is 15.1. The van der Waals surface area contributed by atoms with E-state index in [9.17, 15) is 4.79 Å². The summed E-state index contributed by atoms with van der Waals surface area (Å²) in [5.41, 5.74) is 5.19. The maximum atomic E-state index is 12.7. The Kier molecular flexibility index (Phi) is 11.0. The molecule has 4 rings (SSSR count). The summed E-state index contributed by atoms with van der Waals surface area (Å²) in [4.78, 5) is 12.7. The first-order valence-corrected chi connectivity index (χ1v) is 15.1. The van der Waals surface area contributed by atoms with Gasteiger partial charge in [-0.1, -0.05) is 113 Å². The lowest BCUT2D eigenvalue weighted by Gasteiger charge is -2.29. The highest BCUT2D eigenvalue weighted by Gasteiger charge is 2.22. The quantitative estimate of drug-likeness (QED) is 0.130. The van der Waals surface area contributed by atoms with Crippen molar-refractivity contribution in [1.82, 2.24) is 0 Å². The largest absolute Gasteiger partial charge is 0.426 e. The van der Waals surface area contributed by atoms with Gasteiger partial charge in [0.05, 0.1) is 5.92 Å². The summed E-state index contributed by atoms with van der Waals surface area (Å²) in [6.07, 6.45) is 15.0. The van der Waals surface area contributed by atoms with Crippen molar-refractivity contribution in [2.45, 2.75) is 96.8 Å². The van der Waals surface area contributed by atoms with Crippen LogP contribution >= 0.6 is 0 Å². The van der Waals surface area contributed by atoms with Crippen molar-refractivity contribution in [2.75, 3.05) is 0 Å². The maximum Gasteiger partial charge on any atom is 0.314 e. The van der Waals surface area contributed by atoms with E-state index in [1.807, 2.05) is 25.1 Å². The van der Waals surface area contributed by atoms with Crippen LogP contribution in [0.15, 0.2) is 78.9 Å². The number of benzene rings is 3. The number of carbonyl (C=O) groups is 1. The molecule has 2 nitrogen and oxygen atoms in total. The van der Waals surface area contributed by atoms with Gasteiger partial charge in [0.15, 0.2) is 0 Å². The lowest BCUT2D eigenvalue weighted by molar-refractivity contribution is -0.138. The van der Waals surface area contributed by atoms with Gasteiger partial charge in [-0.3, -0.25) is 4.79 Å². The molecular weight excluding hydrogens is 464 g/mol. The molecule has 1 fully saturated rings. The average Bonchev–Trinajstić information content (AvgIpc) is 2.97. The number of rotatable bonds is 13. The fourth-order valence-corrected chi connectivity index (χ4v) is 5.89. The van der Waals surface area contributed by atoms with Gasteiger partial charge in [-0.2, -0.15) is 0 Å². The molecule has 1 saturated carbocycles. The third kappa shape index (κ3) is 8.58. The molecule has 0 amide bonds. The Balaban J connectivity index is 1.16. The molecule has 0 radical (unpaired) electrons. The smallest absolute Gasteiger partial charge is 0.314 e. The Hall–Kier alpha value is -2.87. The molecule has 3 aromatic carbocycles. The van der Waals surface area contributed by atoms with Gasteiger partial charge in [0, 0.05) is 0 Å². The van der Waals surface area contributed by atoms with Gasteiger partial charge in [-0.25, -0.2) is 0 Å². The molecule has 0 aliphatic heterocycles. The van der Waals surface area contributed by atoms with Gasteiger partial charge >= 0.3 is 5.97 Å². The molecule has 1 aliphatic carbocycles. The first kappa shape index (κ1) is 28.1. The zero-order valence-corrected chi connectivity index (χ0v) is 23.5. The summed E-state index contributed by atoms with van der Waals surface area (Å²) in [7, 11) is 0. The summed E-state index contributed by atoms with van der Waals surface area (Å²) in [6.45, 7) is 4.27. The van der Waals surface area contributed by atoms with Crippen LogP contribution in [0.1, 0.15) is 102 Å². The van der Waals surface area contributed by atoms with Gasteiger partial charge in [-0.15, -0.1) is 0 Å². The van der Waals surface area contributed by atoms with Crippen molar-refractivity contribution in [3.8, 4) is 16.9 Å². The van der Waals surface area contributed by atoms with Crippen LogP contribution in [0, 0.1) is 11.8 Å². The lowest BCUT2D eigenvalue weighted by atomic mass is 9.77. The minimum absolute atomic E-state index is 0.106. The topological polar surface area (TPSA) is 26.3 Å². The predicted molar refractivity (Wildman–Crippen MR) is 160 cm³/mol. The van der Waals surface area contributed by atoms with Crippen LogP contribution in [0.5, 0.6) is 5.75 Å². The molecule has 0 heterocycles. The molecule has 1 atom stereocenters. The monoisotopic (exact) mass is 510 g/mol. The molecular formula is C36H46O2. The molecule has 1 aliphatic rings. The SMILES string of the molecule is CCCCCC[C@H]1CC[C@H](c2ccc(OC(=O)C(C)CCCc3ccc(-c4ccccc4)cc3)cc2)CC1. The number of hydrogen-bond donors (Lipinski definition) is 0. The predicted octanol–water partition coefficient (Wildman–Crippen LogP) is 10.2. The van der Waals surface area contributed by atoms with E-state index in [1.54, 1.807) is 0 Å². The van der Waals surface area contributed by atoms with Crippen LogP contribution in [0.25, 0.3) is 11.1 Å². The minimum Gasteiger partial charge on any atom is -0.426 e. The second kappa shape index (κ2) is 14.9. The lowest BCUT2D eigenvalue weighted by Crippen LogP contribution is -2.18. The minimum atomic E-state index is -0.124. The van der Waals surface area contributed by atoms with Crippen LogP contribution in [-0.4, -0.2) is 5.97 Å². The van der Waals surface area contributed by atoms with Gasteiger partial charge < -0.3 is 4.74 Å². The van der Waals surface area contributed by atoms with Crippen LogP contribution in [0.4, 0.5) is 0 Å². The number of hydrogen-bond acceptors (Lipinski definition) is 2. The van der Waals surface area contributed by atoms with Crippen LogP contribution in [0.2, 0.25) is 0 Å². The van der Waals surface area contributed by atoms with E-state index >= 15 is 0 Å².